The molecule has 0 aliphatic carbocycles. The molecule has 0 saturated heterocycles. The minimum absolute atomic E-state index is 0.0264. The molecule has 2 aromatic carbocycles. The van der Waals surface area contributed by atoms with E-state index in [2.05, 4.69) is 15.9 Å². The molecule has 0 bridgehead atoms. The summed E-state index contributed by atoms with van der Waals surface area (Å²) >= 11 is 3.32. The van der Waals surface area contributed by atoms with Crippen molar-refractivity contribution in [3.05, 3.63) is 63.5 Å². The van der Waals surface area contributed by atoms with E-state index in [1.165, 1.54) is 6.07 Å². The highest BCUT2D eigenvalue weighted by Crippen LogP contribution is 2.32. The van der Waals surface area contributed by atoms with Gasteiger partial charge in [0, 0.05) is 16.5 Å². The average Bonchev–Trinajstić information content (AvgIpc) is 2.42. The zero-order chi connectivity index (χ0) is 14.7. The summed E-state index contributed by atoms with van der Waals surface area (Å²) in [5.74, 6) is -0.273. The Hall–Kier alpha value is -1.95. The van der Waals surface area contributed by atoms with Crippen LogP contribution in [0.2, 0.25) is 0 Å². The summed E-state index contributed by atoms with van der Waals surface area (Å²) < 4.78 is 19.4. The number of benzene rings is 2. The van der Waals surface area contributed by atoms with Gasteiger partial charge in [0.1, 0.15) is 5.75 Å². The van der Waals surface area contributed by atoms with Crippen LogP contribution < -0.4 is 4.74 Å². The van der Waals surface area contributed by atoms with Crippen molar-refractivity contribution in [1.82, 2.24) is 0 Å². The Kier molecular flexibility index (Phi) is 4.34. The van der Waals surface area contributed by atoms with Crippen LogP contribution in [0.25, 0.3) is 0 Å². The van der Waals surface area contributed by atoms with Crippen LogP contribution in [0, 0.1) is 22.9 Å². The lowest BCUT2D eigenvalue weighted by molar-refractivity contribution is -0.385. The van der Waals surface area contributed by atoms with Crippen LogP contribution in [0.1, 0.15) is 11.1 Å². The lowest BCUT2D eigenvalue weighted by Gasteiger charge is -2.11. The van der Waals surface area contributed by atoms with Crippen LogP contribution in [0.3, 0.4) is 0 Å². The van der Waals surface area contributed by atoms with Gasteiger partial charge < -0.3 is 4.74 Å². The molecule has 0 aromatic heterocycles. The molecule has 4 nitrogen and oxygen atoms in total. The number of halogens is 2. The van der Waals surface area contributed by atoms with Crippen molar-refractivity contribution in [3.63, 3.8) is 0 Å². The van der Waals surface area contributed by atoms with Crippen LogP contribution >= 0.6 is 15.9 Å². The number of ether oxygens (including phenoxy) is 1. The molecule has 0 fully saturated rings. The molecule has 0 amide bonds. The highest BCUT2D eigenvalue weighted by molar-refractivity contribution is 9.08. The Labute approximate surface area is 123 Å². The third-order valence-corrected chi connectivity index (χ3v) is 3.39. The van der Waals surface area contributed by atoms with E-state index >= 15 is 0 Å². The third kappa shape index (κ3) is 2.96. The van der Waals surface area contributed by atoms with E-state index in [1.807, 2.05) is 12.1 Å². The van der Waals surface area contributed by atoms with Gasteiger partial charge in [0.25, 0.3) is 5.69 Å². The number of nitro benzene ring substituents is 1. The topological polar surface area (TPSA) is 52.4 Å². The van der Waals surface area contributed by atoms with Gasteiger partial charge in [0.15, 0.2) is 11.6 Å². The van der Waals surface area contributed by atoms with Gasteiger partial charge in [-0.3, -0.25) is 10.1 Å². The number of para-hydroxylation sites is 1. The minimum Gasteiger partial charge on any atom is -0.454 e. The number of nitrogens with zero attached hydrogens (tertiary/aromatic N) is 1. The van der Waals surface area contributed by atoms with E-state index in [0.717, 1.165) is 11.6 Å². The first-order valence-corrected chi connectivity index (χ1v) is 6.91. The van der Waals surface area contributed by atoms with Gasteiger partial charge in [-0.25, -0.2) is 4.39 Å². The second-order valence-corrected chi connectivity index (χ2v) is 4.73. The quantitative estimate of drug-likeness (QED) is 0.459. The summed E-state index contributed by atoms with van der Waals surface area (Å²) in [6.07, 6.45) is 0. The molecule has 0 radical (unpaired) electrons. The molecule has 0 atom stereocenters. The van der Waals surface area contributed by atoms with Gasteiger partial charge in [-0.05, 0) is 19.1 Å². The maximum atomic E-state index is 13.9. The van der Waals surface area contributed by atoms with Gasteiger partial charge in [-0.2, -0.15) is 0 Å². The lowest BCUT2D eigenvalue weighted by atomic mass is 10.2. The van der Waals surface area contributed by atoms with E-state index < -0.39 is 10.7 Å². The number of nitro groups is 1. The lowest BCUT2D eigenvalue weighted by Crippen LogP contribution is -1.97. The molecule has 0 saturated carbocycles. The fourth-order valence-electron chi connectivity index (χ4n) is 1.75. The molecular formula is C14H11BrFNO3. The first-order valence-electron chi connectivity index (χ1n) is 5.79. The van der Waals surface area contributed by atoms with Crippen molar-refractivity contribution in [3.8, 4) is 11.5 Å². The summed E-state index contributed by atoms with van der Waals surface area (Å²) in [6.45, 7) is 1.54. The molecule has 20 heavy (non-hydrogen) atoms. The molecular weight excluding hydrogens is 329 g/mol. The normalized spacial score (nSPS) is 10.3. The van der Waals surface area contributed by atoms with Gasteiger partial charge in [-0.15, -0.1) is 0 Å². The molecule has 2 aromatic rings. The third-order valence-electron chi connectivity index (χ3n) is 2.78. The number of rotatable bonds is 4. The van der Waals surface area contributed by atoms with Crippen LogP contribution in [0.15, 0.2) is 36.4 Å². The summed E-state index contributed by atoms with van der Waals surface area (Å²) in [5.41, 5.74) is 0.953. The van der Waals surface area contributed by atoms with Crippen molar-refractivity contribution < 1.29 is 14.1 Å². The average molecular weight is 340 g/mol. The molecule has 0 aliphatic rings. The second-order valence-electron chi connectivity index (χ2n) is 4.17. The molecule has 0 N–H and O–H groups in total. The molecule has 0 heterocycles. The highest BCUT2D eigenvalue weighted by Gasteiger charge is 2.17. The first-order chi connectivity index (χ1) is 9.52. The standard InChI is InChI=1S/C14H11BrFNO3/c1-9-6-14(11(16)7-12(9)17(18)19)20-13-5-3-2-4-10(13)8-15/h2-7H,8H2,1H3. The number of alkyl halides is 1. The SMILES string of the molecule is Cc1cc(Oc2ccccc2CBr)c(F)cc1[N+](=O)[O-]. The summed E-state index contributed by atoms with van der Waals surface area (Å²) in [5, 5.41) is 11.3. The predicted molar refractivity (Wildman–Crippen MR) is 76.9 cm³/mol. The van der Waals surface area contributed by atoms with E-state index in [4.69, 9.17) is 4.74 Å². The second kappa shape index (κ2) is 6.00. The number of aryl methyl sites for hydroxylation is 1. The summed E-state index contributed by atoms with van der Waals surface area (Å²) in [4.78, 5) is 10.1. The Bertz CT molecular complexity index is 661. The molecule has 104 valence electrons. The van der Waals surface area contributed by atoms with E-state index in [9.17, 15) is 14.5 Å². The van der Waals surface area contributed by atoms with Gasteiger partial charge in [0.2, 0.25) is 0 Å². The Balaban J connectivity index is 2.39. The van der Waals surface area contributed by atoms with Crippen LogP contribution in [-0.4, -0.2) is 4.92 Å². The minimum atomic E-state index is -0.758. The van der Waals surface area contributed by atoms with Crippen molar-refractivity contribution in [2.24, 2.45) is 0 Å². The summed E-state index contributed by atoms with van der Waals surface area (Å²) in [7, 11) is 0. The first kappa shape index (κ1) is 14.5. The Morgan fingerprint density at radius 3 is 2.65 bits per heavy atom. The van der Waals surface area contributed by atoms with Crippen molar-refractivity contribution >= 4 is 21.6 Å². The van der Waals surface area contributed by atoms with Crippen LogP contribution in [0.5, 0.6) is 11.5 Å². The zero-order valence-corrected chi connectivity index (χ0v) is 12.2. The molecule has 2 rings (SSSR count). The largest absolute Gasteiger partial charge is 0.454 e. The molecule has 0 unspecified atom stereocenters. The maximum absolute atomic E-state index is 13.9. The molecule has 6 heteroatoms. The van der Waals surface area contributed by atoms with E-state index in [0.29, 0.717) is 16.6 Å². The van der Waals surface area contributed by atoms with Gasteiger partial charge in [0.05, 0.1) is 11.0 Å². The number of hydrogen-bond donors (Lipinski definition) is 0. The van der Waals surface area contributed by atoms with Crippen LogP contribution in [0.4, 0.5) is 10.1 Å². The summed E-state index contributed by atoms with van der Waals surface area (Å²) in [6, 6.07) is 9.39. The van der Waals surface area contributed by atoms with Crippen molar-refractivity contribution in [2.45, 2.75) is 12.3 Å². The van der Waals surface area contributed by atoms with Gasteiger partial charge >= 0.3 is 0 Å². The fraction of sp³-hybridized carbons (Fsp3) is 0.143. The Morgan fingerprint density at radius 1 is 1.30 bits per heavy atom. The highest BCUT2D eigenvalue weighted by atomic mass is 79.9. The Morgan fingerprint density at radius 2 is 2.00 bits per heavy atom. The van der Waals surface area contributed by atoms with Crippen LogP contribution in [-0.2, 0) is 5.33 Å². The van der Waals surface area contributed by atoms with E-state index in [1.54, 1.807) is 19.1 Å². The smallest absolute Gasteiger partial charge is 0.275 e. The zero-order valence-electron chi connectivity index (χ0n) is 10.6. The molecule has 0 spiro atoms. The van der Waals surface area contributed by atoms with Gasteiger partial charge in [-0.1, -0.05) is 34.1 Å². The van der Waals surface area contributed by atoms with E-state index in [-0.39, 0.29) is 11.4 Å². The predicted octanol–water partition coefficient (Wildman–Crippen LogP) is 4.73. The number of hydrogen-bond acceptors (Lipinski definition) is 3. The molecule has 0 aliphatic heterocycles. The van der Waals surface area contributed by atoms with Crippen molar-refractivity contribution in [2.75, 3.05) is 0 Å². The maximum Gasteiger partial charge on any atom is 0.275 e. The fourth-order valence-corrected chi connectivity index (χ4v) is 2.21. The monoisotopic (exact) mass is 339 g/mol. The van der Waals surface area contributed by atoms with Crippen molar-refractivity contribution in [1.29, 1.82) is 0 Å².